The highest BCUT2D eigenvalue weighted by Gasteiger charge is 2.31. The maximum atomic E-state index is 12.6. The molecule has 0 atom stereocenters. The molecule has 0 saturated carbocycles. The van der Waals surface area contributed by atoms with Crippen molar-refractivity contribution < 1.29 is 9.59 Å². The molecule has 1 fully saturated rings. The number of halogens is 1. The zero-order chi connectivity index (χ0) is 18.6. The number of rotatable bonds is 4. The van der Waals surface area contributed by atoms with Crippen molar-refractivity contribution in [2.45, 2.75) is 38.6 Å². The molecule has 25 heavy (non-hydrogen) atoms. The van der Waals surface area contributed by atoms with Crippen molar-refractivity contribution in [2.24, 2.45) is 5.92 Å². The third-order valence-corrected chi connectivity index (χ3v) is 4.94. The molecule has 1 aromatic rings. The maximum absolute atomic E-state index is 12.6. The smallest absolute Gasteiger partial charge is 0.319 e. The highest BCUT2D eigenvalue weighted by Crippen LogP contribution is 2.23. The van der Waals surface area contributed by atoms with Gasteiger partial charge in [0.05, 0.1) is 0 Å². The maximum Gasteiger partial charge on any atom is 0.319 e. The Bertz CT molecular complexity index is 623. The highest BCUT2D eigenvalue weighted by atomic mass is 35.5. The van der Waals surface area contributed by atoms with Gasteiger partial charge in [-0.15, -0.1) is 0 Å². The van der Waals surface area contributed by atoms with Gasteiger partial charge in [-0.1, -0.05) is 29.8 Å². The summed E-state index contributed by atoms with van der Waals surface area (Å²) in [5.74, 6) is 0.0192. The number of carbonyl (C=O) groups is 2. The molecule has 138 valence electrons. The van der Waals surface area contributed by atoms with Crippen LogP contribution in [0.3, 0.4) is 0 Å². The first-order valence-electron chi connectivity index (χ1n) is 8.71. The summed E-state index contributed by atoms with van der Waals surface area (Å²) in [7, 11) is 3.50. The fourth-order valence-electron chi connectivity index (χ4n) is 3.21. The van der Waals surface area contributed by atoms with Crippen molar-refractivity contribution in [1.82, 2.24) is 15.1 Å². The van der Waals surface area contributed by atoms with Gasteiger partial charge >= 0.3 is 6.03 Å². The van der Waals surface area contributed by atoms with Crippen LogP contribution in [0, 0.1) is 5.92 Å². The highest BCUT2D eigenvalue weighted by molar-refractivity contribution is 6.31. The molecule has 0 radical (unpaired) electrons. The Kier molecular flexibility index (Phi) is 6.33. The molecule has 1 aliphatic rings. The van der Waals surface area contributed by atoms with Gasteiger partial charge in [-0.05, 0) is 44.7 Å². The summed E-state index contributed by atoms with van der Waals surface area (Å²) >= 11 is 6.23. The lowest BCUT2D eigenvalue weighted by atomic mass is 9.91. The lowest BCUT2D eigenvalue weighted by Crippen LogP contribution is -2.51. The Balaban J connectivity index is 1.89. The summed E-state index contributed by atoms with van der Waals surface area (Å²) in [6.45, 7) is 5.28. The molecule has 5 nitrogen and oxygen atoms in total. The Hall–Kier alpha value is -1.75. The molecule has 0 aliphatic carbocycles. The van der Waals surface area contributed by atoms with E-state index in [9.17, 15) is 9.59 Å². The van der Waals surface area contributed by atoms with E-state index in [1.54, 1.807) is 23.9 Å². The minimum Gasteiger partial charge on any atom is -0.351 e. The summed E-state index contributed by atoms with van der Waals surface area (Å²) in [5.41, 5.74) is 0.652. The lowest BCUT2D eigenvalue weighted by molar-refractivity contribution is -0.127. The van der Waals surface area contributed by atoms with E-state index < -0.39 is 0 Å². The minimum atomic E-state index is -0.376. The fraction of sp³-hybridized carbons (Fsp3) is 0.579. The first kappa shape index (κ1) is 19.6. The number of benzene rings is 1. The average Bonchev–Trinajstić information content (AvgIpc) is 2.55. The third-order valence-electron chi connectivity index (χ3n) is 4.57. The number of hydrogen-bond acceptors (Lipinski definition) is 2. The van der Waals surface area contributed by atoms with Crippen LogP contribution in [0.5, 0.6) is 0 Å². The van der Waals surface area contributed by atoms with E-state index in [2.05, 4.69) is 5.32 Å². The van der Waals surface area contributed by atoms with Gasteiger partial charge in [0.25, 0.3) is 0 Å². The van der Waals surface area contributed by atoms with Gasteiger partial charge in [0.15, 0.2) is 0 Å². The summed E-state index contributed by atoms with van der Waals surface area (Å²) < 4.78 is 0. The molecular formula is C19H28ClN3O2. The van der Waals surface area contributed by atoms with E-state index >= 15 is 0 Å². The summed E-state index contributed by atoms with van der Waals surface area (Å²) in [6, 6.07) is 7.72. The van der Waals surface area contributed by atoms with Gasteiger partial charge in [0.2, 0.25) is 5.91 Å². The number of nitrogens with one attached hydrogen (secondary N) is 1. The minimum absolute atomic E-state index is 0.0120. The van der Waals surface area contributed by atoms with Crippen LogP contribution in [0.1, 0.15) is 32.3 Å². The molecule has 0 spiro atoms. The summed E-state index contributed by atoms with van der Waals surface area (Å²) in [6.07, 6.45) is 2.08. The Morgan fingerprint density at radius 1 is 1.24 bits per heavy atom. The van der Waals surface area contributed by atoms with Crippen molar-refractivity contribution >= 4 is 23.5 Å². The number of carbonyl (C=O) groups excluding carboxylic acids is 2. The Morgan fingerprint density at radius 2 is 1.84 bits per heavy atom. The second kappa shape index (κ2) is 8.09. The number of amides is 3. The topological polar surface area (TPSA) is 52.7 Å². The van der Waals surface area contributed by atoms with Gasteiger partial charge in [-0.25, -0.2) is 4.79 Å². The molecule has 2 rings (SSSR count). The van der Waals surface area contributed by atoms with Crippen LogP contribution in [0.25, 0.3) is 0 Å². The van der Waals surface area contributed by atoms with Crippen LogP contribution in [0.15, 0.2) is 24.3 Å². The quantitative estimate of drug-likeness (QED) is 0.891. The van der Waals surface area contributed by atoms with Gasteiger partial charge < -0.3 is 15.1 Å². The summed E-state index contributed by atoms with van der Waals surface area (Å²) in [4.78, 5) is 28.0. The predicted octanol–water partition coefficient (Wildman–Crippen LogP) is 3.17. The van der Waals surface area contributed by atoms with Crippen LogP contribution < -0.4 is 5.32 Å². The van der Waals surface area contributed by atoms with E-state index in [1.165, 1.54) is 0 Å². The van der Waals surface area contributed by atoms with Crippen LogP contribution in [0.4, 0.5) is 4.79 Å². The van der Waals surface area contributed by atoms with Gasteiger partial charge in [-0.3, -0.25) is 4.79 Å². The largest absolute Gasteiger partial charge is 0.351 e. The van der Waals surface area contributed by atoms with Gasteiger partial charge in [0.1, 0.15) is 0 Å². The van der Waals surface area contributed by atoms with Crippen LogP contribution in [0.2, 0.25) is 5.02 Å². The number of urea groups is 1. The molecular weight excluding hydrogens is 338 g/mol. The monoisotopic (exact) mass is 365 g/mol. The Morgan fingerprint density at radius 3 is 2.40 bits per heavy atom. The second-order valence-electron chi connectivity index (χ2n) is 7.58. The van der Waals surface area contributed by atoms with E-state index in [1.807, 2.05) is 38.1 Å². The van der Waals surface area contributed by atoms with Crippen LogP contribution >= 0.6 is 11.6 Å². The number of likely N-dealkylation sites (tertiary alicyclic amines) is 1. The SMILES string of the molecule is CN(C)C(=O)N1CCC(C(=O)NC(C)(C)Cc2ccccc2Cl)CC1. The van der Waals surface area contributed by atoms with E-state index in [-0.39, 0.29) is 23.4 Å². The third kappa shape index (κ3) is 5.36. The average molecular weight is 366 g/mol. The van der Waals surface area contributed by atoms with Crippen LogP contribution in [-0.2, 0) is 11.2 Å². The predicted molar refractivity (Wildman–Crippen MR) is 101 cm³/mol. The molecule has 1 saturated heterocycles. The first-order chi connectivity index (χ1) is 11.7. The molecule has 1 N–H and O–H groups in total. The number of hydrogen-bond donors (Lipinski definition) is 1. The van der Waals surface area contributed by atoms with Gasteiger partial charge in [-0.2, -0.15) is 0 Å². The normalized spacial score (nSPS) is 15.8. The van der Waals surface area contributed by atoms with E-state index in [0.717, 1.165) is 10.6 Å². The first-order valence-corrected chi connectivity index (χ1v) is 9.09. The van der Waals surface area contributed by atoms with Crippen molar-refractivity contribution in [1.29, 1.82) is 0 Å². The molecule has 1 heterocycles. The van der Waals surface area contributed by atoms with E-state index in [0.29, 0.717) is 32.4 Å². The van der Waals surface area contributed by atoms with Crippen molar-refractivity contribution in [3.63, 3.8) is 0 Å². The molecule has 3 amide bonds. The van der Waals surface area contributed by atoms with E-state index in [4.69, 9.17) is 11.6 Å². The number of nitrogens with zero attached hydrogens (tertiary/aromatic N) is 2. The zero-order valence-electron chi connectivity index (χ0n) is 15.5. The fourth-order valence-corrected chi connectivity index (χ4v) is 3.42. The lowest BCUT2D eigenvalue weighted by Gasteiger charge is -2.35. The Labute approximate surface area is 155 Å². The molecule has 1 aliphatic heterocycles. The second-order valence-corrected chi connectivity index (χ2v) is 7.99. The van der Waals surface area contributed by atoms with Crippen molar-refractivity contribution in [3.05, 3.63) is 34.9 Å². The van der Waals surface area contributed by atoms with Crippen LogP contribution in [-0.4, -0.2) is 54.5 Å². The standard InChI is InChI=1S/C19H28ClN3O2/c1-19(2,13-15-7-5-6-8-16(15)20)21-17(24)14-9-11-23(12-10-14)18(25)22(3)4/h5-8,14H,9-13H2,1-4H3,(H,21,24). The van der Waals surface area contributed by atoms with Crippen molar-refractivity contribution in [3.8, 4) is 0 Å². The molecule has 0 unspecified atom stereocenters. The molecule has 1 aromatic carbocycles. The molecule has 6 heteroatoms. The summed E-state index contributed by atoms with van der Waals surface area (Å²) in [5, 5.41) is 3.88. The van der Waals surface area contributed by atoms with Crippen molar-refractivity contribution in [2.75, 3.05) is 27.2 Å². The zero-order valence-corrected chi connectivity index (χ0v) is 16.3. The van der Waals surface area contributed by atoms with Gasteiger partial charge in [0, 0.05) is 43.7 Å². The number of piperidine rings is 1. The molecule has 0 aromatic heterocycles. The molecule has 0 bridgehead atoms.